The van der Waals surface area contributed by atoms with E-state index in [1.54, 1.807) is 6.20 Å². The number of hydrogen-bond acceptors (Lipinski definition) is 5. The second-order valence-corrected chi connectivity index (χ2v) is 5.20. The van der Waals surface area contributed by atoms with E-state index in [1.807, 2.05) is 24.6 Å². The molecule has 3 rings (SSSR count). The summed E-state index contributed by atoms with van der Waals surface area (Å²) in [5.74, 6) is 1.73. The molecule has 0 unspecified atom stereocenters. The molecule has 102 valence electrons. The number of aromatic nitrogens is 4. The minimum atomic E-state index is 0.486. The summed E-state index contributed by atoms with van der Waals surface area (Å²) in [6.07, 6.45) is 8.45. The standard InChI is InChI=1S/C13H20N6/c1-9-17-18-13-12(15-7-8-19(9)13)16-11-5-3-10(14-2)4-6-11/h7-8,10-11,14H,3-6H2,1-2H3,(H,15,16). The van der Waals surface area contributed by atoms with Crippen molar-refractivity contribution in [1.29, 1.82) is 0 Å². The van der Waals surface area contributed by atoms with Crippen LogP contribution in [0.1, 0.15) is 31.5 Å². The lowest BCUT2D eigenvalue weighted by Crippen LogP contribution is -2.35. The molecule has 0 atom stereocenters. The van der Waals surface area contributed by atoms with E-state index < -0.39 is 0 Å². The number of hydrogen-bond donors (Lipinski definition) is 2. The summed E-state index contributed by atoms with van der Waals surface area (Å²) in [7, 11) is 2.04. The predicted molar refractivity (Wildman–Crippen MR) is 74.2 cm³/mol. The lowest BCUT2D eigenvalue weighted by atomic mass is 9.91. The third-order valence-electron chi connectivity index (χ3n) is 3.97. The van der Waals surface area contributed by atoms with Gasteiger partial charge in [0.25, 0.3) is 0 Å². The van der Waals surface area contributed by atoms with Crippen molar-refractivity contribution < 1.29 is 0 Å². The SMILES string of the molecule is CNC1CCC(Nc2nccn3c(C)nnc23)CC1. The zero-order chi connectivity index (χ0) is 13.2. The molecule has 0 aromatic carbocycles. The van der Waals surface area contributed by atoms with Crippen molar-refractivity contribution in [3.05, 3.63) is 18.2 Å². The van der Waals surface area contributed by atoms with Gasteiger partial charge in [-0.1, -0.05) is 0 Å². The monoisotopic (exact) mass is 260 g/mol. The Morgan fingerprint density at radius 1 is 1.16 bits per heavy atom. The Balaban J connectivity index is 1.75. The molecule has 1 fully saturated rings. The fourth-order valence-corrected chi connectivity index (χ4v) is 2.76. The van der Waals surface area contributed by atoms with Crippen LogP contribution < -0.4 is 10.6 Å². The lowest BCUT2D eigenvalue weighted by Gasteiger charge is -2.29. The summed E-state index contributed by atoms with van der Waals surface area (Å²) in [4.78, 5) is 4.40. The van der Waals surface area contributed by atoms with Crippen molar-refractivity contribution in [2.75, 3.05) is 12.4 Å². The van der Waals surface area contributed by atoms with Crippen molar-refractivity contribution >= 4 is 11.5 Å². The first-order chi connectivity index (χ1) is 9.28. The van der Waals surface area contributed by atoms with Crippen LogP contribution in [0.5, 0.6) is 0 Å². The molecule has 0 saturated heterocycles. The minimum absolute atomic E-state index is 0.486. The molecule has 1 aliphatic rings. The summed E-state index contributed by atoms with van der Waals surface area (Å²) >= 11 is 0. The first-order valence-electron chi connectivity index (χ1n) is 6.88. The summed E-state index contributed by atoms with van der Waals surface area (Å²) in [5, 5.41) is 15.2. The second-order valence-electron chi connectivity index (χ2n) is 5.20. The Morgan fingerprint density at radius 3 is 2.63 bits per heavy atom. The molecule has 0 amide bonds. The fraction of sp³-hybridized carbons (Fsp3) is 0.615. The molecule has 1 aliphatic carbocycles. The van der Waals surface area contributed by atoms with E-state index in [1.165, 1.54) is 25.7 Å². The van der Waals surface area contributed by atoms with Gasteiger partial charge in [0.15, 0.2) is 5.82 Å². The zero-order valence-electron chi connectivity index (χ0n) is 11.4. The number of rotatable bonds is 3. The number of fused-ring (bicyclic) bond motifs is 1. The van der Waals surface area contributed by atoms with Gasteiger partial charge >= 0.3 is 0 Å². The largest absolute Gasteiger partial charge is 0.364 e. The van der Waals surface area contributed by atoms with Gasteiger partial charge in [-0.25, -0.2) is 4.98 Å². The Hall–Kier alpha value is -1.69. The van der Waals surface area contributed by atoms with Gasteiger partial charge in [0.1, 0.15) is 5.82 Å². The third kappa shape index (κ3) is 2.40. The normalized spacial score (nSPS) is 23.7. The molecule has 2 N–H and O–H groups in total. The molecule has 19 heavy (non-hydrogen) atoms. The van der Waals surface area contributed by atoms with Gasteiger partial charge in [-0.05, 0) is 39.7 Å². The summed E-state index contributed by atoms with van der Waals surface area (Å²) in [5.41, 5.74) is 0.815. The molecule has 2 aromatic rings. The molecule has 0 radical (unpaired) electrons. The van der Waals surface area contributed by atoms with E-state index in [4.69, 9.17) is 0 Å². The quantitative estimate of drug-likeness (QED) is 0.872. The Labute approximate surface area is 112 Å². The van der Waals surface area contributed by atoms with Crippen LogP contribution >= 0.6 is 0 Å². The van der Waals surface area contributed by atoms with Crippen LogP contribution in [0.4, 0.5) is 5.82 Å². The molecule has 0 bridgehead atoms. The molecule has 0 aliphatic heterocycles. The maximum atomic E-state index is 4.40. The second kappa shape index (κ2) is 5.13. The Bertz CT molecular complexity index is 555. The topological polar surface area (TPSA) is 67.1 Å². The van der Waals surface area contributed by atoms with Crippen molar-refractivity contribution in [3.8, 4) is 0 Å². The van der Waals surface area contributed by atoms with Crippen LogP contribution in [0.2, 0.25) is 0 Å². The van der Waals surface area contributed by atoms with E-state index in [0.29, 0.717) is 12.1 Å². The van der Waals surface area contributed by atoms with Gasteiger partial charge in [-0.2, -0.15) is 0 Å². The molecule has 6 heteroatoms. The van der Waals surface area contributed by atoms with Gasteiger partial charge in [0.05, 0.1) is 0 Å². The number of aryl methyl sites for hydroxylation is 1. The van der Waals surface area contributed by atoms with Crippen LogP contribution in [0.15, 0.2) is 12.4 Å². The summed E-state index contributed by atoms with van der Waals surface area (Å²) < 4.78 is 1.97. The van der Waals surface area contributed by atoms with Gasteiger partial charge in [0, 0.05) is 24.5 Å². The molecule has 1 saturated carbocycles. The van der Waals surface area contributed by atoms with Crippen molar-refractivity contribution in [1.82, 2.24) is 24.9 Å². The highest BCUT2D eigenvalue weighted by Gasteiger charge is 2.21. The van der Waals surface area contributed by atoms with E-state index in [0.717, 1.165) is 17.3 Å². The average Bonchev–Trinajstić information content (AvgIpc) is 2.83. The van der Waals surface area contributed by atoms with Crippen molar-refractivity contribution in [2.45, 2.75) is 44.7 Å². The van der Waals surface area contributed by atoms with Gasteiger partial charge in [0.2, 0.25) is 5.65 Å². The lowest BCUT2D eigenvalue weighted by molar-refractivity contribution is 0.371. The predicted octanol–water partition coefficient (Wildman–Crippen LogP) is 1.38. The molecule has 0 spiro atoms. The Morgan fingerprint density at radius 2 is 1.89 bits per heavy atom. The van der Waals surface area contributed by atoms with E-state index in [9.17, 15) is 0 Å². The molecular formula is C13H20N6. The van der Waals surface area contributed by atoms with Gasteiger partial charge < -0.3 is 10.6 Å². The molecule has 2 heterocycles. The van der Waals surface area contributed by atoms with Gasteiger partial charge in [-0.3, -0.25) is 4.40 Å². The van der Waals surface area contributed by atoms with E-state index in [2.05, 4.69) is 25.8 Å². The fourth-order valence-electron chi connectivity index (χ4n) is 2.76. The highest BCUT2D eigenvalue weighted by atomic mass is 15.3. The number of nitrogens with one attached hydrogen (secondary N) is 2. The van der Waals surface area contributed by atoms with Crippen LogP contribution in [-0.2, 0) is 0 Å². The van der Waals surface area contributed by atoms with Gasteiger partial charge in [-0.15, -0.1) is 10.2 Å². The van der Waals surface area contributed by atoms with E-state index in [-0.39, 0.29) is 0 Å². The summed E-state index contributed by atoms with van der Waals surface area (Å²) in [6, 6.07) is 1.15. The third-order valence-corrected chi connectivity index (χ3v) is 3.97. The molecular weight excluding hydrogens is 240 g/mol. The van der Waals surface area contributed by atoms with Crippen LogP contribution in [0.25, 0.3) is 5.65 Å². The highest BCUT2D eigenvalue weighted by molar-refractivity contribution is 5.62. The average molecular weight is 260 g/mol. The summed E-state index contributed by atoms with van der Waals surface area (Å²) in [6.45, 7) is 1.95. The van der Waals surface area contributed by atoms with E-state index >= 15 is 0 Å². The minimum Gasteiger partial charge on any atom is -0.364 e. The highest BCUT2D eigenvalue weighted by Crippen LogP contribution is 2.22. The van der Waals surface area contributed by atoms with Crippen LogP contribution in [-0.4, -0.2) is 38.7 Å². The number of anilines is 1. The maximum absolute atomic E-state index is 4.40. The maximum Gasteiger partial charge on any atom is 0.203 e. The molecule has 2 aromatic heterocycles. The van der Waals surface area contributed by atoms with Crippen LogP contribution in [0.3, 0.4) is 0 Å². The first-order valence-corrected chi connectivity index (χ1v) is 6.88. The van der Waals surface area contributed by atoms with Crippen molar-refractivity contribution in [3.63, 3.8) is 0 Å². The Kier molecular flexibility index (Phi) is 3.33. The number of nitrogens with zero attached hydrogens (tertiary/aromatic N) is 4. The smallest absolute Gasteiger partial charge is 0.203 e. The molecule has 6 nitrogen and oxygen atoms in total. The van der Waals surface area contributed by atoms with Crippen LogP contribution in [0, 0.1) is 6.92 Å². The van der Waals surface area contributed by atoms with Crippen molar-refractivity contribution in [2.24, 2.45) is 0 Å². The zero-order valence-corrected chi connectivity index (χ0v) is 11.4. The first kappa shape index (κ1) is 12.3.